The molecule has 0 aliphatic heterocycles. The van der Waals surface area contributed by atoms with Crippen LogP contribution in [0.1, 0.15) is 10.4 Å². The summed E-state index contributed by atoms with van der Waals surface area (Å²) in [5, 5.41) is 11.7. The summed E-state index contributed by atoms with van der Waals surface area (Å²) in [6.45, 7) is 0.854. The van der Waals surface area contributed by atoms with Crippen LogP contribution in [0.25, 0.3) is 0 Å². The van der Waals surface area contributed by atoms with Crippen LogP contribution < -0.4 is 5.32 Å². The van der Waals surface area contributed by atoms with E-state index in [9.17, 15) is 13.2 Å². The van der Waals surface area contributed by atoms with E-state index in [2.05, 4.69) is 21.2 Å². The Labute approximate surface area is 120 Å². The molecule has 0 unspecified atom stereocenters. The standard InChI is InChI=1S/C11H15BrN2O4S/c1-13-5-6-14(2)19(17,18)10-4-3-8(11(15)16)7-9(10)12/h3-4,7,13H,5-6H2,1-2H3,(H,15,16). The lowest BCUT2D eigenvalue weighted by atomic mass is 10.2. The van der Waals surface area contributed by atoms with Crippen molar-refractivity contribution in [3.63, 3.8) is 0 Å². The molecule has 1 rings (SSSR count). The van der Waals surface area contributed by atoms with Gasteiger partial charge in [0.1, 0.15) is 0 Å². The molecule has 6 nitrogen and oxygen atoms in total. The maximum Gasteiger partial charge on any atom is 0.335 e. The third kappa shape index (κ3) is 3.75. The first-order valence-electron chi connectivity index (χ1n) is 5.44. The van der Waals surface area contributed by atoms with Crippen molar-refractivity contribution in [2.75, 3.05) is 27.2 Å². The first-order chi connectivity index (χ1) is 8.80. The van der Waals surface area contributed by atoms with Crippen LogP contribution in [0.4, 0.5) is 0 Å². The van der Waals surface area contributed by atoms with Crippen molar-refractivity contribution in [3.8, 4) is 0 Å². The highest BCUT2D eigenvalue weighted by Crippen LogP contribution is 2.25. The number of halogens is 1. The summed E-state index contributed by atoms with van der Waals surface area (Å²) < 4.78 is 26.0. The molecular formula is C11H15BrN2O4S. The molecule has 0 atom stereocenters. The Morgan fingerprint density at radius 3 is 2.58 bits per heavy atom. The highest BCUT2D eigenvalue weighted by atomic mass is 79.9. The normalized spacial score (nSPS) is 11.8. The van der Waals surface area contributed by atoms with Crippen molar-refractivity contribution >= 4 is 31.9 Å². The number of nitrogens with one attached hydrogen (secondary N) is 1. The van der Waals surface area contributed by atoms with E-state index in [1.807, 2.05) is 0 Å². The minimum absolute atomic E-state index is 0.0312. The zero-order valence-electron chi connectivity index (χ0n) is 10.6. The van der Waals surface area contributed by atoms with E-state index >= 15 is 0 Å². The molecule has 19 heavy (non-hydrogen) atoms. The van der Waals surface area contributed by atoms with Gasteiger partial charge in [-0.3, -0.25) is 0 Å². The van der Waals surface area contributed by atoms with E-state index in [1.54, 1.807) is 7.05 Å². The zero-order chi connectivity index (χ0) is 14.6. The molecule has 0 heterocycles. The molecule has 0 fully saturated rings. The highest BCUT2D eigenvalue weighted by molar-refractivity contribution is 9.10. The van der Waals surface area contributed by atoms with E-state index in [0.29, 0.717) is 13.1 Å². The van der Waals surface area contributed by atoms with Crippen LogP contribution >= 0.6 is 15.9 Å². The van der Waals surface area contributed by atoms with Crippen LogP contribution in [-0.4, -0.2) is 51.0 Å². The third-order valence-corrected chi connectivity index (χ3v) is 5.38. The minimum atomic E-state index is -3.63. The van der Waals surface area contributed by atoms with Crippen LogP contribution in [0.5, 0.6) is 0 Å². The maximum atomic E-state index is 12.3. The number of likely N-dealkylation sites (N-methyl/N-ethyl adjacent to an activating group) is 2. The fourth-order valence-electron chi connectivity index (χ4n) is 1.40. The van der Waals surface area contributed by atoms with Crippen LogP contribution in [-0.2, 0) is 10.0 Å². The lowest BCUT2D eigenvalue weighted by Gasteiger charge is -2.18. The molecule has 0 bridgehead atoms. The SMILES string of the molecule is CNCCN(C)S(=O)(=O)c1ccc(C(=O)O)cc1Br. The fourth-order valence-corrected chi connectivity index (χ4v) is 3.61. The van der Waals surface area contributed by atoms with E-state index in [4.69, 9.17) is 5.11 Å². The largest absolute Gasteiger partial charge is 0.478 e. The van der Waals surface area contributed by atoms with Crippen LogP contribution in [0.2, 0.25) is 0 Å². The van der Waals surface area contributed by atoms with Crippen molar-refractivity contribution in [1.29, 1.82) is 0 Å². The molecule has 1 aromatic carbocycles. The van der Waals surface area contributed by atoms with E-state index in [-0.39, 0.29) is 14.9 Å². The molecule has 1 aromatic rings. The number of hydrogen-bond acceptors (Lipinski definition) is 4. The summed E-state index contributed by atoms with van der Waals surface area (Å²) in [6, 6.07) is 3.84. The highest BCUT2D eigenvalue weighted by Gasteiger charge is 2.23. The maximum absolute atomic E-state index is 12.3. The molecule has 0 aromatic heterocycles. The van der Waals surface area contributed by atoms with Gasteiger partial charge in [0.2, 0.25) is 10.0 Å². The molecule has 2 N–H and O–H groups in total. The van der Waals surface area contributed by atoms with Gasteiger partial charge in [-0.25, -0.2) is 13.2 Å². The molecule has 0 aliphatic rings. The van der Waals surface area contributed by atoms with Crippen molar-refractivity contribution in [2.45, 2.75) is 4.90 Å². The van der Waals surface area contributed by atoms with Crippen molar-refractivity contribution in [3.05, 3.63) is 28.2 Å². The van der Waals surface area contributed by atoms with Crippen molar-refractivity contribution in [1.82, 2.24) is 9.62 Å². The smallest absolute Gasteiger partial charge is 0.335 e. The number of nitrogens with zero attached hydrogens (tertiary/aromatic N) is 1. The third-order valence-electron chi connectivity index (χ3n) is 2.54. The number of sulfonamides is 1. The lowest BCUT2D eigenvalue weighted by Crippen LogP contribution is -2.33. The summed E-state index contributed by atoms with van der Waals surface area (Å²) in [7, 11) is -0.420. The molecule has 8 heteroatoms. The lowest BCUT2D eigenvalue weighted by molar-refractivity contribution is 0.0696. The average Bonchev–Trinajstić information content (AvgIpc) is 2.35. The molecule has 0 aliphatic carbocycles. The molecule has 0 radical (unpaired) electrons. The van der Waals surface area contributed by atoms with Gasteiger partial charge in [-0.1, -0.05) is 0 Å². The van der Waals surface area contributed by atoms with Crippen molar-refractivity contribution in [2.24, 2.45) is 0 Å². The van der Waals surface area contributed by atoms with Gasteiger partial charge < -0.3 is 10.4 Å². The molecule has 0 saturated heterocycles. The number of carboxylic acids is 1. The summed E-state index contributed by atoms with van der Waals surface area (Å²) in [4.78, 5) is 10.9. The van der Waals surface area contributed by atoms with Gasteiger partial charge in [0, 0.05) is 24.6 Å². The monoisotopic (exact) mass is 350 g/mol. The van der Waals surface area contributed by atoms with Crippen LogP contribution in [0.3, 0.4) is 0 Å². The Morgan fingerprint density at radius 2 is 2.11 bits per heavy atom. The quantitative estimate of drug-likeness (QED) is 0.798. The van der Waals surface area contributed by atoms with Crippen LogP contribution in [0, 0.1) is 0 Å². The van der Waals surface area contributed by atoms with Gasteiger partial charge in [0.25, 0.3) is 0 Å². The summed E-state index contributed by atoms with van der Waals surface area (Å²) >= 11 is 3.10. The first kappa shape index (κ1) is 16.1. The average molecular weight is 351 g/mol. The number of rotatable bonds is 6. The second-order valence-electron chi connectivity index (χ2n) is 3.88. The van der Waals surface area contributed by atoms with Gasteiger partial charge in [-0.2, -0.15) is 4.31 Å². The van der Waals surface area contributed by atoms with Gasteiger partial charge >= 0.3 is 5.97 Å². The zero-order valence-corrected chi connectivity index (χ0v) is 13.0. The number of benzene rings is 1. The summed E-state index contributed by atoms with van der Waals surface area (Å²) in [5.74, 6) is -1.10. The summed E-state index contributed by atoms with van der Waals surface area (Å²) in [6.07, 6.45) is 0. The van der Waals surface area contributed by atoms with Gasteiger partial charge in [-0.15, -0.1) is 0 Å². The Bertz CT molecular complexity index is 574. The number of aromatic carboxylic acids is 1. The Kier molecular flexibility index (Phi) is 5.48. The second-order valence-corrected chi connectivity index (χ2v) is 6.75. The minimum Gasteiger partial charge on any atom is -0.478 e. The number of hydrogen-bond donors (Lipinski definition) is 2. The van der Waals surface area contributed by atoms with Gasteiger partial charge in [-0.05, 0) is 41.2 Å². The molecule has 0 saturated carbocycles. The molecule has 0 spiro atoms. The molecular weight excluding hydrogens is 336 g/mol. The van der Waals surface area contributed by atoms with Gasteiger partial charge in [0.15, 0.2) is 0 Å². The predicted octanol–water partition coefficient (Wildman–Crippen LogP) is 0.987. The van der Waals surface area contributed by atoms with E-state index in [0.717, 1.165) is 0 Å². The van der Waals surface area contributed by atoms with E-state index in [1.165, 1.54) is 29.6 Å². The Balaban J connectivity index is 3.12. The Morgan fingerprint density at radius 1 is 1.47 bits per heavy atom. The first-order valence-corrected chi connectivity index (χ1v) is 7.67. The van der Waals surface area contributed by atoms with Crippen LogP contribution in [0.15, 0.2) is 27.6 Å². The molecule has 106 valence electrons. The summed E-state index contributed by atoms with van der Waals surface area (Å²) in [5.41, 5.74) is 0.0312. The van der Waals surface area contributed by atoms with Crippen molar-refractivity contribution < 1.29 is 18.3 Å². The topological polar surface area (TPSA) is 86.7 Å². The second kappa shape index (κ2) is 6.47. The van der Waals surface area contributed by atoms with E-state index < -0.39 is 16.0 Å². The number of carbonyl (C=O) groups is 1. The molecule has 0 amide bonds. The Hall–Kier alpha value is -0.960. The number of carboxylic acid groups (broad SMARTS) is 1. The fraction of sp³-hybridized carbons (Fsp3) is 0.364. The van der Waals surface area contributed by atoms with Gasteiger partial charge in [0.05, 0.1) is 10.5 Å². The predicted molar refractivity (Wildman–Crippen MR) is 74.8 cm³/mol.